The molecule has 25 nitrogen and oxygen atoms in total. The molecular weight excluding hydrogens is 1500 g/mol. The summed E-state index contributed by atoms with van der Waals surface area (Å²) in [5.41, 5.74) is 37.7. The number of likely N-dealkylation sites (tertiary alicyclic amines) is 3. The summed E-state index contributed by atoms with van der Waals surface area (Å²) in [6.45, 7) is 9.73. The molecule has 0 bridgehead atoms. The van der Waals surface area contributed by atoms with E-state index in [2.05, 4.69) is 31.2 Å². The van der Waals surface area contributed by atoms with E-state index in [1.807, 2.05) is 0 Å². The number of nitrogen functional groups attached to an aromatic ring is 3. The Morgan fingerprint density at radius 2 is 0.841 bits per heavy atom. The summed E-state index contributed by atoms with van der Waals surface area (Å²) >= 11 is 0. The standard InChI is InChI=1S/C26H28F4N6O2.C26H27F3N6O3.C25H26F4N6O2/c1-13(2)35-11-20(26(29,30)12-35)36-23(31)21(24(32)37)22(34-36)15-5-6-16(19(28)8-15)10-33-25(38)18-9-17(27)7-4-14(18)3;1-14-2-7-17(27)8-19(14)25(37)32-9-15-3-5-16(6-4-15)22-21(24(31)36)23(30)35(33-22)20-10-34(13-26(20,28)29)18-11-38-12-18;1-3-34-11-19(25(28,29)12-34)35-22(30)20(23(31)36)21(33-35)14-5-6-15(18(27)8-14)10-32-24(37)17-9-16(26)7-4-13(17)2/h4-9,13,20H,10-12,31H2,1-3H3,(H2,32,37)(H,33,38);2-8,18,20H,9-13,30H2,1H3,(H2,31,36)(H,32,37);4-9,19H,3,10-12,30H2,1-2H3,(H2,31,36)(H,32,37). The van der Waals surface area contributed by atoms with Crippen LogP contribution in [0.3, 0.4) is 0 Å². The molecule has 6 aromatic carbocycles. The van der Waals surface area contributed by atoms with Gasteiger partial charge in [-0.3, -0.25) is 43.5 Å². The van der Waals surface area contributed by atoms with Gasteiger partial charge >= 0.3 is 0 Å². The quantitative estimate of drug-likeness (QED) is 0.0302. The van der Waals surface area contributed by atoms with Crippen LogP contribution in [0.4, 0.5) is 65.7 Å². The van der Waals surface area contributed by atoms with Crippen LogP contribution < -0.4 is 50.4 Å². The van der Waals surface area contributed by atoms with E-state index in [1.165, 1.54) is 71.6 Å². The zero-order valence-electron chi connectivity index (χ0n) is 61.8. The van der Waals surface area contributed by atoms with Crippen LogP contribution in [0.15, 0.2) is 115 Å². The minimum atomic E-state index is -3.18. The van der Waals surface area contributed by atoms with Crippen molar-refractivity contribution in [3.8, 4) is 33.8 Å². The molecule has 3 aromatic heterocycles. The van der Waals surface area contributed by atoms with Gasteiger partial charge in [-0.25, -0.2) is 62.3 Å². The summed E-state index contributed by atoms with van der Waals surface area (Å²) < 4.78 is 168. The maximum atomic E-state index is 15.0. The molecule has 113 heavy (non-hydrogen) atoms. The monoisotopic (exact) mass is 1580 g/mol. The molecule has 3 atom stereocenters. The van der Waals surface area contributed by atoms with Gasteiger partial charge < -0.3 is 55.1 Å². The number of nitrogens with one attached hydrogen (secondary N) is 3. The number of rotatable bonds is 21. The summed E-state index contributed by atoms with van der Waals surface area (Å²) in [7, 11) is 0. The van der Waals surface area contributed by atoms with E-state index >= 15 is 4.39 Å². The lowest BCUT2D eigenvalue weighted by atomic mass is 10.0. The number of aromatic nitrogens is 6. The first-order chi connectivity index (χ1) is 53.3. The Morgan fingerprint density at radius 1 is 0.478 bits per heavy atom. The van der Waals surface area contributed by atoms with E-state index < -0.39 is 120 Å². The van der Waals surface area contributed by atoms with Crippen LogP contribution in [0.2, 0.25) is 0 Å². The number of benzene rings is 6. The molecule has 9 aromatic rings. The largest absolute Gasteiger partial charge is 0.383 e. The zero-order chi connectivity index (χ0) is 82.2. The average molecular weight is 1580 g/mol. The van der Waals surface area contributed by atoms with Crippen molar-refractivity contribution in [2.24, 2.45) is 17.2 Å². The maximum Gasteiger partial charge on any atom is 0.283 e. The van der Waals surface area contributed by atoms with Gasteiger partial charge in [0.25, 0.3) is 53.2 Å². The van der Waals surface area contributed by atoms with Crippen molar-refractivity contribution in [3.63, 3.8) is 0 Å². The van der Waals surface area contributed by atoms with Gasteiger partial charge in [0.15, 0.2) is 0 Å². The molecule has 4 saturated heterocycles. The summed E-state index contributed by atoms with van der Waals surface area (Å²) in [4.78, 5) is 78.8. The number of nitrogens with zero attached hydrogens (tertiary/aromatic N) is 9. The molecule has 36 heteroatoms. The van der Waals surface area contributed by atoms with Crippen LogP contribution in [0, 0.1) is 49.9 Å². The minimum Gasteiger partial charge on any atom is -0.383 e. The fourth-order valence-electron chi connectivity index (χ4n) is 13.7. The Morgan fingerprint density at radius 3 is 1.19 bits per heavy atom. The normalized spacial score (nSPS) is 17.9. The molecule has 0 saturated carbocycles. The number of hydrogen-bond donors (Lipinski definition) is 9. The predicted octanol–water partition coefficient (Wildman–Crippen LogP) is 9.41. The van der Waals surface area contributed by atoms with E-state index in [1.54, 1.807) is 75.6 Å². The van der Waals surface area contributed by atoms with Gasteiger partial charge in [-0.05, 0) is 112 Å². The highest BCUT2D eigenvalue weighted by atomic mass is 19.3. The Balaban J connectivity index is 0.000000167. The predicted molar refractivity (Wildman–Crippen MR) is 396 cm³/mol. The smallest absolute Gasteiger partial charge is 0.283 e. The van der Waals surface area contributed by atoms with Crippen LogP contribution in [0.1, 0.15) is 134 Å². The van der Waals surface area contributed by atoms with Crippen LogP contribution >= 0.6 is 0 Å². The van der Waals surface area contributed by atoms with Crippen molar-refractivity contribution in [1.29, 1.82) is 0 Å². The molecular formula is C77H81F11N18O7. The van der Waals surface area contributed by atoms with E-state index in [-0.39, 0.29) is 142 Å². The molecule has 4 aliphatic rings. The first-order valence-electron chi connectivity index (χ1n) is 35.5. The van der Waals surface area contributed by atoms with Gasteiger partial charge in [0.05, 0.1) is 38.9 Å². The number of anilines is 3. The molecule has 598 valence electrons. The summed E-state index contributed by atoms with van der Waals surface area (Å²) in [5, 5.41) is 20.5. The van der Waals surface area contributed by atoms with Gasteiger partial charge in [-0.1, -0.05) is 73.7 Å². The van der Waals surface area contributed by atoms with Gasteiger partial charge in [-0.15, -0.1) is 0 Å². The highest BCUT2D eigenvalue weighted by molar-refractivity contribution is 6.05. The van der Waals surface area contributed by atoms with Gasteiger partial charge in [0.1, 0.15) is 98.4 Å². The molecule has 7 heterocycles. The molecule has 4 fully saturated rings. The topological polar surface area (TPSA) is 367 Å². The number of ether oxygens (including phenoxy) is 1. The zero-order valence-corrected chi connectivity index (χ0v) is 61.8. The van der Waals surface area contributed by atoms with Crippen molar-refractivity contribution in [1.82, 2.24) is 60.0 Å². The van der Waals surface area contributed by atoms with Gasteiger partial charge in [0, 0.05) is 89.8 Å². The summed E-state index contributed by atoms with van der Waals surface area (Å²) in [6, 6.07) is 21.4. The SMILES string of the molecule is CCN1CC(n2nc(-c3ccc(CNC(=O)c4cc(F)ccc4C)c(F)c3)c(C(N)=O)c2N)C(F)(F)C1.Cc1ccc(F)cc1C(=O)NCc1ccc(-c2nn(C3CN(C(C)C)CC3(F)F)c(N)c2C(N)=O)cc1F.Cc1ccc(F)cc1C(=O)NCc1ccc(-c2nn(C3CN(C4COC4)CC3(F)F)c(N)c2C(N)=O)cc1. The van der Waals surface area contributed by atoms with Crippen molar-refractivity contribution >= 4 is 52.9 Å². The average Bonchev–Trinajstić information content (AvgIpc) is 1.61. The number of primary amides is 3. The second-order valence-electron chi connectivity index (χ2n) is 28.3. The van der Waals surface area contributed by atoms with E-state index in [4.69, 9.17) is 39.1 Å². The summed E-state index contributed by atoms with van der Waals surface area (Å²) in [5.74, 6) is -17.9. The van der Waals surface area contributed by atoms with Gasteiger partial charge in [0.2, 0.25) is 0 Å². The molecule has 15 N–H and O–H groups in total. The lowest BCUT2D eigenvalue weighted by Crippen LogP contribution is -2.48. The van der Waals surface area contributed by atoms with Crippen molar-refractivity contribution in [3.05, 3.63) is 211 Å². The van der Waals surface area contributed by atoms with E-state index in [0.717, 1.165) is 38.3 Å². The molecule has 0 spiro atoms. The number of aryl methyl sites for hydroxylation is 3. The van der Waals surface area contributed by atoms with Crippen molar-refractivity contribution in [2.45, 2.75) is 109 Å². The fraction of sp³-hybridized carbons (Fsp3) is 0.338. The number of nitrogens with two attached hydrogens (primary N) is 6. The van der Waals surface area contributed by atoms with Crippen LogP contribution in [-0.4, -0.2) is 168 Å². The second kappa shape index (κ2) is 32.9. The minimum absolute atomic E-state index is 0.00791. The number of likely N-dealkylation sites (N-methyl/N-ethyl adjacent to an activating group) is 1. The second-order valence-corrected chi connectivity index (χ2v) is 28.3. The summed E-state index contributed by atoms with van der Waals surface area (Å²) in [6.07, 6.45) is 0. The number of carbonyl (C=O) groups is 6. The van der Waals surface area contributed by atoms with E-state index in [0.29, 0.717) is 47.6 Å². The number of amides is 6. The third-order valence-electron chi connectivity index (χ3n) is 20.3. The number of halogens is 11. The molecule has 0 radical (unpaired) electrons. The molecule has 6 amide bonds. The molecule has 4 aliphatic heterocycles. The van der Waals surface area contributed by atoms with Crippen LogP contribution in [0.25, 0.3) is 33.8 Å². The number of carbonyl (C=O) groups excluding carboxylic acids is 6. The Kier molecular flexibility index (Phi) is 23.9. The third-order valence-corrected chi connectivity index (χ3v) is 20.3. The maximum absolute atomic E-state index is 15.0. The first kappa shape index (κ1) is 82.2. The third kappa shape index (κ3) is 17.5. The number of alkyl halides is 6. The molecule has 13 rings (SSSR count). The Labute approximate surface area is 639 Å². The molecule has 0 aliphatic carbocycles. The van der Waals surface area contributed by atoms with E-state index in [9.17, 15) is 72.7 Å². The van der Waals surface area contributed by atoms with Crippen molar-refractivity contribution < 1.29 is 81.8 Å². The van der Waals surface area contributed by atoms with Gasteiger partial charge in [-0.2, -0.15) is 15.3 Å². The number of hydrogen-bond acceptors (Lipinski definition) is 16. The highest BCUT2D eigenvalue weighted by Crippen LogP contribution is 2.45. The fourth-order valence-corrected chi connectivity index (χ4v) is 13.7. The Bertz CT molecular complexity index is 5160. The molecule has 3 unspecified atom stereocenters. The van der Waals surface area contributed by atoms with Crippen molar-refractivity contribution in [2.75, 3.05) is 76.2 Å². The van der Waals surface area contributed by atoms with Crippen LogP contribution in [-0.2, 0) is 24.4 Å². The lowest BCUT2D eigenvalue weighted by molar-refractivity contribution is -0.0728. The first-order valence-corrected chi connectivity index (χ1v) is 35.5. The highest BCUT2D eigenvalue weighted by Gasteiger charge is 2.55. The lowest BCUT2D eigenvalue weighted by Gasteiger charge is -2.34. The Hall–Kier alpha value is -11.8. The van der Waals surface area contributed by atoms with Crippen LogP contribution in [0.5, 0.6) is 0 Å².